The normalized spacial score (nSPS) is 17.6. The minimum atomic E-state index is -0.853. The van der Waals surface area contributed by atoms with E-state index in [-0.39, 0.29) is 5.84 Å². The molecule has 1 radical (unpaired) electrons. The average molecular weight is 490 g/mol. The van der Waals surface area contributed by atoms with Gasteiger partial charge in [-0.05, 0) is 88.4 Å². The minimum absolute atomic E-state index is 0.149. The lowest BCUT2D eigenvalue weighted by atomic mass is 9.84. The largest absolute Gasteiger partial charge is 0.714 e. The van der Waals surface area contributed by atoms with Crippen molar-refractivity contribution in [3.8, 4) is 0 Å². The van der Waals surface area contributed by atoms with E-state index in [1.165, 1.54) is 0 Å². The third-order valence-corrected chi connectivity index (χ3v) is 8.02. The van der Waals surface area contributed by atoms with Gasteiger partial charge < -0.3 is 15.0 Å². The molecule has 0 atom stereocenters. The fourth-order valence-electron chi connectivity index (χ4n) is 5.18. The lowest BCUT2D eigenvalue weighted by Crippen LogP contribution is -2.53. The summed E-state index contributed by atoms with van der Waals surface area (Å²) < 4.78 is 0.859. The molecule has 0 amide bonds. The molecule has 0 aromatic heterocycles. The Morgan fingerprint density at radius 2 is 1.00 bits per heavy atom. The van der Waals surface area contributed by atoms with Crippen LogP contribution in [0.4, 0.5) is 34.1 Å². The zero-order chi connectivity index (χ0) is 25.9. The van der Waals surface area contributed by atoms with E-state index < -0.39 is 11.1 Å². The number of anilines is 6. The smallest absolute Gasteiger partial charge is 0.316 e. The van der Waals surface area contributed by atoms with Gasteiger partial charge in [0.15, 0.2) is 5.54 Å². The summed E-state index contributed by atoms with van der Waals surface area (Å²) in [7, 11) is 0. The SMILES string of the molecule is CC1(C)N([O])C(c2ccc(N3c4ccccc4N(c4ccccc4)c4ccccc43)cc2)=[N+]([O-])C1(C)C. The van der Waals surface area contributed by atoms with Gasteiger partial charge in [-0.25, -0.2) is 0 Å². The van der Waals surface area contributed by atoms with E-state index in [1.807, 2.05) is 82.3 Å². The van der Waals surface area contributed by atoms with E-state index in [0.29, 0.717) is 5.56 Å². The van der Waals surface area contributed by atoms with Gasteiger partial charge in [0.2, 0.25) is 0 Å². The molecule has 4 aromatic rings. The molecule has 6 nitrogen and oxygen atoms in total. The van der Waals surface area contributed by atoms with Gasteiger partial charge in [0.1, 0.15) is 5.54 Å². The number of hydrogen-bond donors (Lipinski definition) is 0. The Balaban J connectivity index is 1.47. The number of rotatable bonds is 3. The molecule has 0 bridgehead atoms. The third-order valence-electron chi connectivity index (χ3n) is 8.02. The summed E-state index contributed by atoms with van der Waals surface area (Å²) >= 11 is 0. The molecule has 2 aliphatic rings. The van der Waals surface area contributed by atoms with Gasteiger partial charge in [0.05, 0.1) is 28.3 Å². The van der Waals surface area contributed by atoms with Crippen molar-refractivity contribution in [1.29, 1.82) is 0 Å². The van der Waals surface area contributed by atoms with Crippen molar-refractivity contribution in [2.75, 3.05) is 9.80 Å². The van der Waals surface area contributed by atoms with Crippen molar-refractivity contribution in [2.24, 2.45) is 0 Å². The van der Waals surface area contributed by atoms with Crippen LogP contribution in [0, 0.1) is 5.21 Å². The number of hydroxylamine groups is 3. The molecule has 0 saturated heterocycles. The number of fused-ring (bicyclic) bond motifs is 2. The second-order valence-corrected chi connectivity index (χ2v) is 10.6. The maximum Gasteiger partial charge on any atom is 0.316 e. The highest BCUT2D eigenvalue weighted by molar-refractivity contribution is 6.02. The second-order valence-electron chi connectivity index (χ2n) is 10.6. The molecule has 0 N–H and O–H groups in total. The lowest BCUT2D eigenvalue weighted by molar-refractivity contribution is -0.539. The van der Waals surface area contributed by atoms with Crippen molar-refractivity contribution in [3.63, 3.8) is 0 Å². The summed E-state index contributed by atoms with van der Waals surface area (Å²) in [6, 6.07) is 34.7. The van der Waals surface area contributed by atoms with E-state index >= 15 is 0 Å². The summed E-state index contributed by atoms with van der Waals surface area (Å²) in [6.45, 7) is 7.25. The highest BCUT2D eigenvalue weighted by Gasteiger charge is 2.59. The lowest BCUT2D eigenvalue weighted by Gasteiger charge is -2.40. The Bertz CT molecular complexity index is 1460. The number of para-hydroxylation sites is 5. The van der Waals surface area contributed by atoms with Gasteiger partial charge in [-0.2, -0.15) is 0 Å². The molecule has 0 aliphatic carbocycles. The Morgan fingerprint density at radius 1 is 0.595 bits per heavy atom. The fraction of sp³-hybridized carbons (Fsp3) is 0.194. The first-order valence-electron chi connectivity index (χ1n) is 12.5. The molecule has 0 fully saturated rings. The van der Waals surface area contributed by atoms with Crippen LogP contribution < -0.4 is 9.80 Å². The van der Waals surface area contributed by atoms with E-state index in [9.17, 15) is 10.4 Å². The summed E-state index contributed by atoms with van der Waals surface area (Å²) in [5, 5.41) is 27.2. The minimum Gasteiger partial charge on any atom is -0.714 e. The molecule has 185 valence electrons. The molecule has 4 aromatic carbocycles. The first kappa shape index (κ1) is 23.1. The predicted molar refractivity (Wildman–Crippen MR) is 148 cm³/mol. The molecule has 0 saturated carbocycles. The van der Waals surface area contributed by atoms with Gasteiger partial charge in [0.25, 0.3) is 0 Å². The molecule has 6 heteroatoms. The van der Waals surface area contributed by atoms with Crippen LogP contribution in [0.25, 0.3) is 0 Å². The van der Waals surface area contributed by atoms with Crippen LogP contribution >= 0.6 is 0 Å². The maximum absolute atomic E-state index is 13.2. The molecular formula is C31H29N4O2. The summed E-state index contributed by atoms with van der Waals surface area (Å²) in [5.74, 6) is 0.149. The zero-order valence-corrected chi connectivity index (χ0v) is 21.4. The molecule has 2 aliphatic heterocycles. The van der Waals surface area contributed by atoms with Gasteiger partial charge in [-0.1, -0.05) is 47.5 Å². The topological polar surface area (TPSA) is 55.7 Å². The van der Waals surface area contributed by atoms with Crippen LogP contribution in [0.3, 0.4) is 0 Å². The van der Waals surface area contributed by atoms with Crippen molar-refractivity contribution >= 4 is 40.0 Å². The third kappa shape index (κ3) is 3.26. The Labute approximate surface area is 217 Å². The molecule has 0 spiro atoms. The second kappa shape index (κ2) is 8.11. The van der Waals surface area contributed by atoms with Crippen LogP contribution in [-0.4, -0.2) is 26.7 Å². The van der Waals surface area contributed by atoms with E-state index in [4.69, 9.17) is 0 Å². The van der Waals surface area contributed by atoms with Crippen molar-refractivity contribution in [2.45, 2.75) is 38.8 Å². The molecular weight excluding hydrogens is 460 g/mol. The van der Waals surface area contributed by atoms with Crippen molar-refractivity contribution in [1.82, 2.24) is 5.06 Å². The van der Waals surface area contributed by atoms with Crippen LogP contribution in [0.2, 0.25) is 0 Å². The van der Waals surface area contributed by atoms with E-state index in [1.54, 1.807) is 0 Å². The number of benzene rings is 4. The Kier molecular flexibility index (Phi) is 5.07. The predicted octanol–water partition coefficient (Wildman–Crippen LogP) is 7.41. The van der Waals surface area contributed by atoms with E-state index in [0.717, 1.165) is 43.9 Å². The first-order valence-corrected chi connectivity index (χ1v) is 12.5. The van der Waals surface area contributed by atoms with Crippen LogP contribution in [0.5, 0.6) is 0 Å². The van der Waals surface area contributed by atoms with Crippen molar-refractivity contribution < 1.29 is 9.95 Å². The van der Waals surface area contributed by atoms with Crippen molar-refractivity contribution in [3.05, 3.63) is 114 Å². The van der Waals surface area contributed by atoms with Gasteiger partial charge in [-0.3, -0.25) is 4.74 Å². The highest BCUT2D eigenvalue weighted by atomic mass is 16.5. The van der Waals surface area contributed by atoms with Gasteiger partial charge >= 0.3 is 5.84 Å². The average Bonchev–Trinajstić information content (AvgIpc) is 3.03. The maximum atomic E-state index is 13.2. The number of nitrogens with zero attached hydrogens (tertiary/aromatic N) is 4. The molecule has 2 heterocycles. The highest BCUT2D eigenvalue weighted by Crippen LogP contribution is 2.53. The summed E-state index contributed by atoms with van der Waals surface area (Å²) in [4.78, 5) is 4.50. The fourth-order valence-corrected chi connectivity index (χ4v) is 5.18. The number of amidine groups is 1. The first-order chi connectivity index (χ1) is 17.7. The standard InChI is InChI=1S/C31H29N4O2/c1-30(2)31(3,4)35(37)29(34(30)36)22-18-20-24(21-19-22)33-27-16-10-8-14-25(27)32(23-12-6-5-7-13-23)26-15-9-11-17-28(26)33/h5-21H,1-4H3. The Hall–Kier alpha value is -4.29. The monoisotopic (exact) mass is 489 g/mol. The van der Waals surface area contributed by atoms with E-state index in [2.05, 4.69) is 58.3 Å². The van der Waals surface area contributed by atoms with Crippen LogP contribution in [0.1, 0.15) is 33.3 Å². The van der Waals surface area contributed by atoms with Gasteiger partial charge in [0, 0.05) is 16.6 Å². The zero-order valence-electron chi connectivity index (χ0n) is 21.4. The summed E-state index contributed by atoms with van der Waals surface area (Å²) in [5.41, 5.74) is 5.17. The molecule has 6 rings (SSSR count). The number of hydrogen-bond acceptors (Lipinski definition) is 4. The quantitative estimate of drug-likeness (QED) is 0.196. The van der Waals surface area contributed by atoms with Crippen LogP contribution in [0.15, 0.2) is 103 Å². The molecule has 37 heavy (non-hydrogen) atoms. The Morgan fingerprint density at radius 3 is 1.41 bits per heavy atom. The summed E-state index contributed by atoms with van der Waals surface area (Å²) in [6.07, 6.45) is 0. The molecule has 0 unspecified atom stereocenters. The van der Waals surface area contributed by atoms with Gasteiger partial charge in [-0.15, -0.1) is 0 Å². The van der Waals surface area contributed by atoms with Crippen LogP contribution in [-0.2, 0) is 5.21 Å².